The van der Waals surface area contributed by atoms with Crippen molar-refractivity contribution in [3.05, 3.63) is 94.0 Å². The molecule has 0 heterocycles. The number of benzene rings is 3. The minimum Gasteiger partial charge on any atom is -0.489 e. The maximum absolute atomic E-state index is 12.3. The Morgan fingerprint density at radius 2 is 1.58 bits per heavy atom. The Morgan fingerprint density at radius 3 is 2.24 bits per heavy atom. The average molecular weight is 511 g/mol. The van der Waals surface area contributed by atoms with Crippen LogP contribution < -0.4 is 20.3 Å². The van der Waals surface area contributed by atoms with Crippen LogP contribution in [0.3, 0.4) is 0 Å². The molecule has 0 fully saturated rings. The third-order valence-corrected chi connectivity index (χ3v) is 5.28. The number of amides is 2. The van der Waals surface area contributed by atoms with Gasteiger partial charge in [-0.3, -0.25) is 20.4 Å². The molecule has 172 valence electrons. The summed E-state index contributed by atoms with van der Waals surface area (Å²) in [4.78, 5) is 24.5. The summed E-state index contributed by atoms with van der Waals surface area (Å²) in [5, 5.41) is 0. The molecule has 3 aromatic rings. The standard InChI is InChI=1S/C26H27BrN2O4/c1-26(2,3)22-15-20(27)11-14-23(22)33-17-24(30)28-29-25(31)19-9-12-21(13-10-19)32-16-18-7-5-4-6-8-18/h4-15H,16-17H2,1-3H3,(H,28,30)(H,29,31). The van der Waals surface area contributed by atoms with Crippen LogP contribution in [0.1, 0.15) is 42.3 Å². The van der Waals surface area contributed by atoms with Crippen molar-refractivity contribution in [2.24, 2.45) is 0 Å². The van der Waals surface area contributed by atoms with Crippen LogP contribution in [0.5, 0.6) is 11.5 Å². The smallest absolute Gasteiger partial charge is 0.276 e. The van der Waals surface area contributed by atoms with Gasteiger partial charge in [0.1, 0.15) is 18.1 Å². The van der Waals surface area contributed by atoms with Crippen molar-refractivity contribution in [2.45, 2.75) is 32.8 Å². The third kappa shape index (κ3) is 7.36. The highest BCUT2D eigenvalue weighted by molar-refractivity contribution is 9.10. The zero-order chi connectivity index (χ0) is 23.8. The fourth-order valence-corrected chi connectivity index (χ4v) is 3.40. The summed E-state index contributed by atoms with van der Waals surface area (Å²) < 4.78 is 12.4. The van der Waals surface area contributed by atoms with Crippen molar-refractivity contribution in [3.63, 3.8) is 0 Å². The van der Waals surface area contributed by atoms with Crippen molar-refractivity contribution in [2.75, 3.05) is 6.61 Å². The van der Waals surface area contributed by atoms with Crippen LogP contribution >= 0.6 is 15.9 Å². The zero-order valence-electron chi connectivity index (χ0n) is 18.9. The molecule has 0 saturated carbocycles. The van der Waals surface area contributed by atoms with Gasteiger partial charge in [-0.05, 0) is 53.4 Å². The summed E-state index contributed by atoms with van der Waals surface area (Å²) in [5.74, 6) is 0.376. The number of hydrogen-bond acceptors (Lipinski definition) is 4. The zero-order valence-corrected chi connectivity index (χ0v) is 20.4. The van der Waals surface area contributed by atoms with Gasteiger partial charge in [0.05, 0.1) is 0 Å². The van der Waals surface area contributed by atoms with E-state index in [1.165, 1.54) is 0 Å². The van der Waals surface area contributed by atoms with Gasteiger partial charge < -0.3 is 9.47 Å². The summed E-state index contributed by atoms with van der Waals surface area (Å²) in [5.41, 5.74) is 7.05. The lowest BCUT2D eigenvalue weighted by molar-refractivity contribution is -0.123. The number of carbonyl (C=O) groups is 2. The van der Waals surface area contributed by atoms with Crippen LogP contribution in [0.2, 0.25) is 0 Å². The van der Waals surface area contributed by atoms with E-state index < -0.39 is 11.8 Å². The van der Waals surface area contributed by atoms with Gasteiger partial charge in [0.25, 0.3) is 11.8 Å². The first kappa shape index (κ1) is 24.3. The van der Waals surface area contributed by atoms with Crippen molar-refractivity contribution in [1.29, 1.82) is 0 Å². The second-order valence-corrected chi connectivity index (χ2v) is 9.40. The van der Waals surface area contributed by atoms with Crippen molar-refractivity contribution < 1.29 is 19.1 Å². The molecule has 0 atom stereocenters. The normalized spacial score (nSPS) is 10.9. The summed E-state index contributed by atoms with van der Waals surface area (Å²) in [6.45, 7) is 6.43. The van der Waals surface area contributed by atoms with Gasteiger partial charge in [0, 0.05) is 15.6 Å². The van der Waals surface area contributed by atoms with Gasteiger partial charge in [-0.25, -0.2) is 0 Å². The first-order valence-corrected chi connectivity index (χ1v) is 11.3. The second-order valence-electron chi connectivity index (χ2n) is 8.48. The Kier molecular flexibility index (Phi) is 8.11. The molecular weight excluding hydrogens is 484 g/mol. The molecule has 7 heteroatoms. The quantitative estimate of drug-likeness (QED) is 0.430. The number of hydrogen-bond donors (Lipinski definition) is 2. The second kappa shape index (κ2) is 11.0. The van der Waals surface area contributed by atoms with E-state index in [4.69, 9.17) is 9.47 Å². The van der Waals surface area contributed by atoms with E-state index >= 15 is 0 Å². The van der Waals surface area contributed by atoms with E-state index in [1.54, 1.807) is 24.3 Å². The van der Waals surface area contributed by atoms with Crippen molar-refractivity contribution in [3.8, 4) is 11.5 Å². The topological polar surface area (TPSA) is 76.7 Å². The van der Waals surface area contributed by atoms with Gasteiger partial charge in [-0.15, -0.1) is 0 Å². The molecule has 3 rings (SSSR count). The Hall–Kier alpha value is -3.32. The summed E-state index contributed by atoms with van der Waals surface area (Å²) >= 11 is 3.47. The number of nitrogens with one attached hydrogen (secondary N) is 2. The molecule has 0 bridgehead atoms. The molecule has 2 N–H and O–H groups in total. The third-order valence-electron chi connectivity index (χ3n) is 4.79. The largest absolute Gasteiger partial charge is 0.489 e. The van der Waals surface area contributed by atoms with E-state index in [-0.39, 0.29) is 12.0 Å². The Labute approximate surface area is 202 Å². The molecule has 0 spiro atoms. The highest BCUT2D eigenvalue weighted by Gasteiger charge is 2.20. The lowest BCUT2D eigenvalue weighted by Gasteiger charge is -2.23. The predicted octanol–water partition coefficient (Wildman–Crippen LogP) is 5.17. The predicted molar refractivity (Wildman–Crippen MR) is 131 cm³/mol. The molecule has 33 heavy (non-hydrogen) atoms. The summed E-state index contributed by atoms with van der Waals surface area (Å²) in [7, 11) is 0. The molecule has 0 aliphatic heterocycles. The lowest BCUT2D eigenvalue weighted by Crippen LogP contribution is -2.43. The highest BCUT2D eigenvalue weighted by Crippen LogP contribution is 2.33. The monoisotopic (exact) mass is 510 g/mol. The Bertz CT molecular complexity index is 1090. The average Bonchev–Trinajstić information content (AvgIpc) is 2.80. The van der Waals surface area contributed by atoms with E-state index in [0.29, 0.717) is 23.7 Å². The van der Waals surface area contributed by atoms with Crippen LogP contribution in [-0.4, -0.2) is 18.4 Å². The molecule has 0 saturated heterocycles. The summed E-state index contributed by atoms with van der Waals surface area (Å²) in [6, 6.07) is 22.2. The minimum absolute atomic E-state index is 0.152. The van der Waals surface area contributed by atoms with Crippen LogP contribution in [0.4, 0.5) is 0 Å². The van der Waals surface area contributed by atoms with Crippen LogP contribution in [0, 0.1) is 0 Å². The van der Waals surface area contributed by atoms with Crippen molar-refractivity contribution in [1.82, 2.24) is 10.9 Å². The number of ether oxygens (including phenoxy) is 2. The van der Waals surface area contributed by atoms with Gasteiger partial charge in [0.15, 0.2) is 6.61 Å². The molecule has 6 nitrogen and oxygen atoms in total. The number of rotatable bonds is 7. The molecule has 0 aliphatic carbocycles. The number of hydrazine groups is 1. The number of carbonyl (C=O) groups excluding carboxylic acids is 2. The SMILES string of the molecule is CC(C)(C)c1cc(Br)ccc1OCC(=O)NNC(=O)c1ccc(OCc2ccccc2)cc1. The van der Waals surface area contributed by atoms with Gasteiger partial charge >= 0.3 is 0 Å². The fourth-order valence-electron chi connectivity index (χ4n) is 3.04. The summed E-state index contributed by atoms with van der Waals surface area (Å²) in [6.07, 6.45) is 0. The number of halogens is 1. The molecule has 2 amide bonds. The van der Waals surface area contributed by atoms with Crippen LogP contribution in [-0.2, 0) is 16.8 Å². The van der Waals surface area contributed by atoms with E-state index in [1.807, 2.05) is 48.5 Å². The maximum Gasteiger partial charge on any atom is 0.276 e. The first-order chi connectivity index (χ1) is 15.7. The van der Waals surface area contributed by atoms with Crippen LogP contribution in [0.25, 0.3) is 0 Å². The molecular formula is C26H27BrN2O4. The van der Waals surface area contributed by atoms with Crippen molar-refractivity contribution >= 4 is 27.7 Å². The fraction of sp³-hybridized carbons (Fsp3) is 0.231. The lowest BCUT2D eigenvalue weighted by atomic mass is 9.86. The molecule has 0 radical (unpaired) electrons. The Balaban J connectivity index is 1.47. The molecule has 0 aromatic heterocycles. The van der Waals surface area contributed by atoms with Gasteiger partial charge in [-0.1, -0.05) is 67.0 Å². The molecule has 0 unspecified atom stereocenters. The maximum atomic E-state index is 12.3. The van der Waals surface area contributed by atoms with E-state index in [2.05, 4.69) is 47.6 Å². The highest BCUT2D eigenvalue weighted by atomic mass is 79.9. The first-order valence-electron chi connectivity index (χ1n) is 10.5. The Morgan fingerprint density at radius 1 is 0.879 bits per heavy atom. The van der Waals surface area contributed by atoms with Crippen LogP contribution in [0.15, 0.2) is 77.3 Å². The minimum atomic E-state index is -0.464. The molecule has 3 aromatic carbocycles. The van der Waals surface area contributed by atoms with E-state index in [0.717, 1.165) is 15.6 Å². The molecule has 0 aliphatic rings. The van der Waals surface area contributed by atoms with E-state index in [9.17, 15) is 9.59 Å². The van der Waals surface area contributed by atoms with Gasteiger partial charge in [0.2, 0.25) is 0 Å². The van der Waals surface area contributed by atoms with Gasteiger partial charge in [-0.2, -0.15) is 0 Å².